The number of Topliss-reactive ketones (excluding diaryl/α,β-unsaturated/α-hetero) is 1. The van der Waals surface area contributed by atoms with Gasteiger partial charge in [-0.25, -0.2) is 9.59 Å². The lowest BCUT2D eigenvalue weighted by Crippen LogP contribution is -2.52. The fourth-order valence-electron chi connectivity index (χ4n) is 3.14. The zero-order valence-electron chi connectivity index (χ0n) is 19.2. The van der Waals surface area contributed by atoms with Crippen molar-refractivity contribution in [3.05, 3.63) is 71.8 Å². The maximum atomic E-state index is 12.7. The van der Waals surface area contributed by atoms with E-state index in [9.17, 15) is 19.2 Å². The maximum absolute atomic E-state index is 12.7. The van der Waals surface area contributed by atoms with Crippen LogP contribution in [0.3, 0.4) is 0 Å². The number of hydrogen-bond donors (Lipinski definition) is 3. The highest BCUT2D eigenvalue weighted by molar-refractivity contribution is 5.93. The van der Waals surface area contributed by atoms with E-state index in [1.807, 2.05) is 60.7 Å². The molecule has 176 valence electrons. The molecule has 0 bridgehead atoms. The van der Waals surface area contributed by atoms with Crippen molar-refractivity contribution in [2.45, 2.75) is 45.9 Å². The summed E-state index contributed by atoms with van der Waals surface area (Å²) in [6.07, 6.45) is 0.309. The summed E-state index contributed by atoms with van der Waals surface area (Å²) in [5.41, 5.74) is 1.72. The lowest BCUT2D eigenvalue weighted by molar-refractivity contribution is -0.148. The van der Waals surface area contributed by atoms with Gasteiger partial charge in [-0.15, -0.1) is 0 Å². The first-order valence-electron chi connectivity index (χ1n) is 10.8. The third kappa shape index (κ3) is 9.14. The fraction of sp³-hybridized carbons (Fsp3) is 0.360. The molecule has 0 saturated heterocycles. The molecule has 0 aliphatic heterocycles. The number of amides is 3. The second-order valence-corrected chi connectivity index (χ2v) is 8.05. The summed E-state index contributed by atoms with van der Waals surface area (Å²) in [6, 6.07) is 16.2. The number of rotatable bonds is 11. The van der Waals surface area contributed by atoms with Crippen LogP contribution in [0.4, 0.5) is 4.79 Å². The molecule has 33 heavy (non-hydrogen) atoms. The highest BCUT2D eigenvalue weighted by atomic mass is 16.5. The van der Waals surface area contributed by atoms with Gasteiger partial charge in [0.1, 0.15) is 12.6 Å². The van der Waals surface area contributed by atoms with Crippen LogP contribution in [-0.2, 0) is 32.1 Å². The zero-order chi connectivity index (χ0) is 24.2. The molecule has 0 heterocycles. The van der Waals surface area contributed by atoms with Gasteiger partial charge >= 0.3 is 12.0 Å². The SMILES string of the molecule is CC(=O)NC(Cc1ccccc1)C(=O)CNC(=O)NC(C(=O)OCc1ccccc1)C(C)C. The number of hydrogen-bond acceptors (Lipinski definition) is 5. The van der Waals surface area contributed by atoms with Crippen LogP contribution in [0, 0.1) is 5.92 Å². The van der Waals surface area contributed by atoms with Crippen molar-refractivity contribution in [2.24, 2.45) is 5.92 Å². The van der Waals surface area contributed by atoms with E-state index >= 15 is 0 Å². The molecule has 0 saturated carbocycles. The fourth-order valence-corrected chi connectivity index (χ4v) is 3.14. The lowest BCUT2D eigenvalue weighted by atomic mass is 10.0. The molecule has 8 heteroatoms. The number of ether oxygens (including phenoxy) is 1. The van der Waals surface area contributed by atoms with Gasteiger partial charge in [0.15, 0.2) is 5.78 Å². The number of ketones is 1. The number of carbonyl (C=O) groups is 4. The minimum Gasteiger partial charge on any atom is -0.459 e. The summed E-state index contributed by atoms with van der Waals surface area (Å²) in [5, 5.41) is 7.68. The quantitative estimate of drug-likeness (QED) is 0.452. The van der Waals surface area contributed by atoms with E-state index in [2.05, 4.69) is 16.0 Å². The van der Waals surface area contributed by atoms with Gasteiger partial charge in [-0.2, -0.15) is 0 Å². The van der Waals surface area contributed by atoms with E-state index in [0.717, 1.165) is 11.1 Å². The summed E-state index contributed by atoms with van der Waals surface area (Å²) in [7, 11) is 0. The monoisotopic (exact) mass is 453 g/mol. The third-order valence-corrected chi connectivity index (χ3v) is 4.90. The summed E-state index contributed by atoms with van der Waals surface area (Å²) >= 11 is 0. The summed E-state index contributed by atoms with van der Waals surface area (Å²) in [6.45, 7) is 4.70. The first-order chi connectivity index (χ1) is 15.8. The van der Waals surface area contributed by atoms with Crippen LogP contribution in [0.25, 0.3) is 0 Å². The summed E-state index contributed by atoms with van der Waals surface area (Å²) in [5.74, 6) is -1.47. The molecule has 0 aromatic heterocycles. The molecule has 0 spiro atoms. The van der Waals surface area contributed by atoms with Crippen LogP contribution in [0.1, 0.15) is 31.9 Å². The topological polar surface area (TPSA) is 114 Å². The molecule has 0 radical (unpaired) electrons. The molecule has 2 atom stereocenters. The van der Waals surface area contributed by atoms with E-state index in [1.54, 1.807) is 13.8 Å². The van der Waals surface area contributed by atoms with Crippen molar-refractivity contribution in [1.82, 2.24) is 16.0 Å². The molecule has 2 rings (SSSR count). The van der Waals surface area contributed by atoms with Gasteiger partial charge < -0.3 is 20.7 Å². The standard InChI is InChI=1S/C25H31N3O5/c1-17(2)23(24(31)33-16-20-12-8-5-9-13-20)28-25(32)26-15-22(30)21(27-18(3)29)14-19-10-6-4-7-11-19/h4-13,17,21,23H,14-16H2,1-3H3,(H,27,29)(H2,26,28,32). The molecule has 3 N–H and O–H groups in total. The number of benzene rings is 2. The Balaban J connectivity index is 1.89. The van der Waals surface area contributed by atoms with Crippen molar-refractivity contribution in [2.75, 3.05) is 6.54 Å². The van der Waals surface area contributed by atoms with Gasteiger partial charge in [0.25, 0.3) is 0 Å². The van der Waals surface area contributed by atoms with E-state index in [-0.39, 0.29) is 30.8 Å². The largest absolute Gasteiger partial charge is 0.459 e. The Bertz CT molecular complexity index is 932. The number of nitrogens with one attached hydrogen (secondary N) is 3. The average Bonchev–Trinajstić information content (AvgIpc) is 2.80. The van der Waals surface area contributed by atoms with Crippen LogP contribution in [0.5, 0.6) is 0 Å². The second-order valence-electron chi connectivity index (χ2n) is 8.05. The molecule has 0 aliphatic rings. The van der Waals surface area contributed by atoms with Gasteiger partial charge in [0.2, 0.25) is 5.91 Å². The Kier molecular flexibility index (Phi) is 10.1. The average molecular weight is 454 g/mol. The second kappa shape index (κ2) is 13.0. The summed E-state index contributed by atoms with van der Waals surface area (Å²) < 4.78 is 5.33. The maximum Gasteiger partial charge on any atom is 0.329 e. The van der Waals surface area contributed by atoms with E-state index in [0.29, 0.717) is 6.42 Å². The highest BCUT2D eigenvalue weighted by Gasteiger charge is 2.26. The van der Waals surface area contributed by atoms with Gasteiger partial charge in [0, 0.05) is 6.92 Å². The molecular weight excluding hydrogens is 422 g/mol. The van der Waals surface area contributed by atoms with Crippen LogP contribution in [0.2, 0.25) is 0 Å². The van der Waals surface area contributed by atoms with Gasteiger partial charge in [-0.1, -0.05) is 74.5 Å². The lowest BCUT2D eigenvalue weighted by Gasteiger charge is -2.22. The first kappa shape index (κ1) is 25.6. The number of urea groups is 1. The minimum absolute atomic E-state index is 0.0998. The van der Waals surface area contributed by atoms with Crippen molar-refractivity contribution in [3.8, 4) is 0 Å². The van der Waals surface area contributed by atoms with E-state index < -0.39 is 24.1 Å². The first-order valence-corrected chi connectivity index (χ1v) is 10.8. The van der Waals surface area contributed by atoms with Gasteiger partial charge in [0.05, 0.1) is 12.6 Å². The van der Waals surface area contributed by atoms with Crippen LogP contribution in [-0.4, -0.2) is 42.3 Å². The molecule has 2 aromatic carbocycles. The molecule has 3 amide bonds. The number of carbonyl (C=O) groups excluding carboxylic acids is 4. The Morgan fingerprint density at radius 3 is 1.97 bits per heavy atom. The molecule has 8 nitrogen and oxygen atoms in total. The highest BCUT2D eigenvalue weighted by Crippen LogP contribution is 2.08. The third-order valence-electron chi connectivity index (χ3n) is 4.90. The molecule has 0 fully saturated rings. The van der Waals surface area contributed by atoms with Crippen molar-refractivity contribution in [3.63, 3.8) is 0 Å². The Hall–Kier alpha value is -3.68. The van der Waals surface area contributed by atoms with Crippen LogP contribution >= 0.6 is 0 Å². The molecule has 2 unspecified atom stereocenters. The van der Waals surface area contributed by atoms with Crippen molar-refractivity contribution < 1.29 is 23.9 Å². The minimum atomic E-state index is -0.876. The summed E-state index contributed by atoms with van der Waals surface area (Å²) in [4.78, 5) is 49.0. The van der Waals surface area contributed by atoms with Gasteiger partial charge in [-0.3, -0.25) is 9.59 Å². The Labute approximate surface area is 194 Å². The van der Waals surface area contributed by atoms with E-state index in [4.69, 9.17) is 4.74 Å². The van der Waals surface area contributed by atoms with Crippen molar-refractivity contribution >= 4 is 23.7 Å². The number of esters is 1. The smallest absolute Gasteiger partial charge is 0.329 e. The van der Waals surface area contributed by atoms with Gasteiger partial charge in [-0.05, 0) is 23.5 Å². The van der Waals surface area contributed by atoms with Crippen LogP contribution in [0.15, 0.2) is 60.7 Å². The van der Waals surface area contributed by atoms with Crippen molar-refractivity contribution in [1.29, 1.82) is 0 Å². The molecular formula is C25H31N3O5. The molecule has 2 aromatic rings. The van der Waals surface area contributed by atoms with Crippen LogP contribution < -0.4 is 16.0 Å². The predicted octanol–water partition coefficient (Wildman–Crippen LogP) is 2.37. The van der Waals surface area contributed by atoms with E-state index in [1.165, 1.54) is 6.92 Å². The normalized spacial score (nSPS) is 12.4. The predicted molar refractivity (Wildman–Crippen MR) is 124 cm³/mol. The Morgan fingerprint density at radius 1 is 0.848 bits per heavy atom. The zero-order valence-corrected chi connectivity index (χ0v) is 19.2. The Morgan fingerprint density at radius 2 is 1.42 bits per heavy atom. The molecule has 0 aliphatic carbocycles.